The molecule has 0 unspecified atom stereocenters. The Morgan fingerprint density at radius 2 is 1.95 bits per heavy atom. The smallest absolute Gasteiger partial charge is 0.144 e. The number of rotatable bonds is 5. The molecular weight excluding hydrogens is 302 g/mol. The van der Waals surface area contributed by atoms with Crippen molar-refractivity contribution in [1.82, 2.24) is 9.97 Å². The van der Waals surface area contributed by atoms with Crippen LogP contribution in [0.25, 0.3) is 0 Å². The minimum absolute atomic E-state index is 0.590. The van der Waals surface area contributed by atoms with Gasteiger partial charge in [-0.05, 0) is 41.6 Å². The van der Waals surface area contributed by atoms with Gasteiger partial charge in [0.05, 0.1) is 10.2 Å². The number of anilines is 1. The van der Waals surface area contributed by atoms with Gasteiger partial charge in [-0.15, -0.1) is 0 Å². The van der Waals surface area contributed by atoms with Gasteiger partial charge in [-0.3, -0.25) is 0 Å². The summed E-state index contributed by atoms with van der Waals surface area (Å²) < 4.78 is 1.08. The monoisotopic (exact) mass is 325 g/mol. The number of hydrogen-bond acceptors (Lipinski definition) is 3. The minimum atomic E-state index is 0.590. The lowest BCUT2D eigenvalue weighted by atomic mass is 10.0. The van der Waals surface area contributed by atoms with E-state index in [1.165, 1.54) is 31.4 Å². The van der Waals surface area contributed by atoms with Crippen LogP contribution in [-0.2, 0) is 6.42 Å². The second kappa shape index (κ2) is 6.69. The van der Waals surface area contributed by atoms with Gasteiger partial charge in [0, 0.05) is 18.9 Å². The third-order valence-electron chi connectivity index (χ3n) is 3.60. The van der Waals surface area contributed by atoms with Crippen LogP contribution in [0.4, 0.5) is 5.82 Å². The molecule has 0 bridgehead atoms. The first-order valence-electron chi connectivity index (χ1n) is 7.42. The lowest BCUT2D eigenvalue weighted by Gasteiger charge is -2.16. The van der Waals surface area contributed by atoms with Crippen molar-refractivity contribution in [1.29, 1.82) is 0 Å². The zero-order valence-electron chi connectivity index (χ0n) is 12.2. The number of aromatic nitrogens is 2. The van der Waals surface area contributed by atoms with Crippen molar-refractivity contribution < 1.29 is 0 Å². The molecule has 3 nitrogen and oxygen atoms in total. The molecule has 1 aliphatic carbocycles. The van der Waals surface area contributed by atoms with Crippen LogP contribution < -0.4 is 5.32 Å². The molecule has 106 valence electrons. The maximum atomic E-state index is 4.84. The zero-order valence-corrected chi connectivity index (χ0v) is 13.8. The zero-order chi connectivity index (χ0) is 13.8. The van der Waals surface area contributed by atoms with E-state index in [4.69, 9.17) is 4.98 Å². The van der Waals surface area contributed by atoms with E-state index in [-0.39, 0.29) is 0 Å². The van der Waals surface area contributed by atoms with Crippen LogP contribution in [0.3, 0.4) is 0 Å². The van der Waals surface area contributed by atoms with Gasteiger partial charge in [0.1, 0.15) is 11.6 Å². The van der Waals surface area contributed by atoms with Crippen molar-refractivity contribution in [2.45, 2.75) is 58.8 Å². The molecule has 2 rings (SSSR count). The lowest BCUT2D eigenvalue weighted by molar-refractivity contribution is 0.606. The highest BCUT2D eigenvalue weighted by atomic mass is 79.9. The molecule has 0 saturated heterocycles. The minimum Gasteiger partial charge on any atom is -0.369 e. The van der Waals surface area contributed by atoms with E-state index in [1.54, 1.807) is 0 Å². The quantitative estimate of drug-likeness (QED) is 0.864. The molecule has 1 N–H and O–H groups in total. The van der Waals surface area contributed by atoms with Crippen molar-refractivity contribution in [2.75, 3.05) is 11.9 Å². The normalized spacial score (nSPS) is 16.3. The number of nitrogens with zero attached hydrogens (tertiary/aromatic N) is 2. The molecular formula is C15H24BrN3. The lowest BCUT2D eigenvalue weighted by Crippen LogP contribution is -2.11. The molecule has 1 fully saturated rings. The van der Waals surface area contributed by atoms with Gasteiger partial charge in [-0.2, -0.15) is 0 Å². The number of halogens is 1. The first-order valence-corrected chi connectivity index (χ1v) is 8.21. The highest BCUT2D eigenvalue weighted by Gasteiger charge is 2.23. The summed E-state index contributed by atoms with van der Waals surface area (Å²) in [6, 6.07) is 0. The second-order valence-corrected chi connectivity index (χ2v) is 6.59. The van der Waals surface area contributed by atoms with Crippen molar-refractivity contribution in [3.63, 3.8) is 0 Å². The average molecular weight is 326 g/mol. The van der Waals surface area contributed by atoms with Gasteiger partial charge >= 0.3 is 0 Å². The SMILES string of the molecule is CCNc1nc(CC(C)C)nc(C2CCCC2)c1Br. The van der Waals surface area contributed by atoms with Gasteiger partial charge < -0.3 is 5.32 Å². The Hall–Kier alpha value is -0.640. The van der Waals surface area contributed by atoms with Crippen molar-refractivity contribution >= 4 is 21.7 Å². The van der Waals surface area contributed by atoms with Crippen LogP contribution >= 0.6 is 15.9 Å². The molecule has 0 radical (unpaired) electrons. The number of nitrogens with one attached hydrogen (secondary N) is 1. The van der Waals surface area contributed by atoms with Crippen LogP contribution in [-0.4, -0.2) is 16.5 Å². The fourth-order valence-electron chi connectivity index (χ4n) is 2.72. The Balaban J connectivity index is 2.35. The topological polar surface area (TPSA) is 37.8 Å². The van der Waals surface area contributed by atoms with Gasteiger partial charge in [0.2, 0.25) is 0 Å². The summed E-state index contributed by atoms with van der Waals surface area (Å²) in [5.41, 5.74) is 1.22. The van der Waals surface area contributed by atoms with E-state index in [9.17, 15) is 0 Å². The molecule has 19 heavy (non-hydrogen) atoms. The molecule has 1 aliphatic rings. The Labute approximate surface area is 124 Å². The molecule has 0 amide bonds. The summed E-state index contributed by atoms with van der Waals surface area (Å²) in [6.45, 7) is 7.42. The molecule has 1 aromatic heterocycles. The van der Waals surface area contributed by atoms with Gasteiger partial charge in [0.25, 0.3) is 0 Å². The molecule has 4 heteroatoms. The maximum Gasteiger partial charge on any atom is 0.144 e. The Morgan fingerprint density at radius 3 is 2.53 bits per heavy atom. The molecule has 0 aliphatic heterocycles. The summed E-state index contributed by atoms with van der Waals surface area (Å²) in [4.78, 5) is 9.50. The van der Waals surface area contributed by atoms with Crippen LogP contribution in [0.2, 0.25) is 0 Å². The van der Waals surface area contributed by atoms with E-state index < -0.39 is 0 Å². The summed E-state index contributed by atoms with van der Waals surface area (Å²) in [5.74, 6) is 3.15. The summed E-state index contributed by atoms with van der Waals surface area (Å²) in [7, 11) is 0. The molecule has 0 spiro atoms. The van der Waals surface area contributed by atoms with E-state index >= 15 is 0 Å². The first kappa shape index (κ1) is 14.8. The summed E-state index contributed by atoms with van der Waals surface area (Å²) in [6.07, 6.45) is 6.14. The number of hydrogen-bond donors (Lipinski definition) is 1. The fourth-order valence-corrected chi connectivity index (χ4v) is 3.36. The molecule has 1 heterocycles. The van der Waals surface area contributed by atoms with Crippen LogP contribution in [0, 0.1) is 5.92 Å². The summed E-state index contributed by atoms with van der Waals surface area (Å²) in [5, 5.41) is 3.36. The average Bonchev–Trinajstić information content (AvgIpc) is 2.86. The van der Waals surface area contributed by atoms with Gasteiger partial charge in [0.15, 0.2) is 0 Å². The Morgan fingerprint density at radius 1 is 1.26 bits per heavy atom. The molecule has 1 saturated carbocycles. The second-order valence-electron chi connectivity index (χ2n) is 5.80. The Kier molecular flexibility index (Phi) is 5.20. The van der Waals surface area contributed by atoms with E-state index in [0.29, 0.717) is 11.8 Å². The van der Waals surface area contributed by atoms with Crippen molar-refractivity contribution in [2.24, 2.45) is 5.92 Å². The predicted molar refractivity (Wildman–Crippen MR) is 83.6 cm³/mol. The molecule has 1 aromatic rings. The van der Waals surface area contributed by atoms with E-state index in [1.807, 2.05) is 0 Å². The highest BCUT2D eigenvalue weighted by Crippen LogP contribution is 2.38. The van der Waals surface area contributed by atoms with Crippen LogP contribution in [0.5, 0.6) is 0 Å². The highest BCUT2D eigenvalue weighted by molar-refractivity contribution is 9.10. The van der Waals surface area contributed by atoms with Crippen LogP contribution in [0.15, 0.2) is 4.47 Å². The molecule has 0 atom stereocenters. The fraction of sp³-hybridized carbons (Fsp3) is 0.733. The van der Waals surface area contributed by atoms with Gasteiger partial charge in [-0.1, -0.05) is 26.7 Å². The predicted octanol–water partition coefficient (Wildman–Crippen LogP) is 4.53. The Bertz CT molecular complexity index is 426. The largest absolute Gasteiger partial charge is 0.369 e. The van der Waals surface area contributed by atoms with Crippen molar-refractivity contribution in [3.8, 4) is 0 Å². The van der Waals surface area contributed by atoms with Gasteiger partial charge in [-0.25, -0.2) is 9.97 Å². The van der Waals surface area contributed by atoms with Crippen molar-refractivity contribution in [3.05, 3.63) is 16.0 Å². The third-order valence-corrected chi connectivity index (χ3v) is 4.38. The van der Waals surface area contributed by atoms with E-state index in [0.717, 1.165) is 29.1 Å². The summed E-state index contributed by atoms with van der Waals surface area (Å²) >= 11 is 3.71. The first-order chi connectivity index (χ1) is 9.11. The standard InChI is InChI=1S/C15H24BrN3/c1-4-17-15-13(16)14(11-7-5-6-8-11)18-12(19-15)9-10(2)3/h10-11H,4-9H2,1-3H3,(H,17,18,19). The molecule has 0 aromatic carbocycles. The third kappa shape index (κ3) is 3.68. The van der Waals surface area contributed by atoms with E-state index in [2.05, 4.69) is 47.0 Å². The van der Waals surface area contributed by atoms with Crippen LogP contribution in [0.1, 0.15) is 63.9 Å². The maximum absolute atomic E-state index is 4.84.